The number of amides is 1. The lowest BCUT2D eigenvalue weighted by atomic mass is 10.1. The van der Waals surface area contributed by atoms with Gasteiger partial charge in [-0.15, -0.1) is 11.3 Å². The first-order chi connectivity index (χ1) is 11.3. The van der Waals surface area contributed by atoms with Gasteiger partial charge in [0.25, 0.3) is 5.91 Å². The average Bonchev–Trinajstić information content (AvgIpc) is 3.26. The summed E-state index contributed by atoms with van der Waals surface area (Å²) >= 11 is 1.45. The van der Waals surface area contributed by atoms with E-state index in [1.165, 1.54) is 11.3 Å². The normalized spacial score (nSPS) is 10.5. The van der Waals surface area contributed by atoms with E-state index in [4.69, 9.17) is 4.74 Å². The van der Waals surface area contributed by atoms with E-state index < -0.39 is 0 Å². The van der Waals surface area contributed by atoms with E-state index in [0.717, 1.165) is 22.9 Å². The molecule has 1 N–H and O–H groups in total. The van der Waals surface area contributed by atoms with Crippen LogP contribution in [0.15, 0.2) is 54.2 Å². The number of hydrogen-bond acceptors (Lipinski definition) is 4. The van der Waals surface area contributed by atoms with Crippen LogP contribution < -0.4 is 10.1 Å². The molecule has 1 aromatic carbocycles. The highest BCUT2D eigenvalue weighted by atomic mass is 32.1. The van der Waals surface area contributed by atoms with Crippen molar-refractivity contribution in [2.24, 2.45) is 0 Å². The van der Waals surface area contributed by atoms with Gasteiger partial charge in [0, 0.05) is 24.3 Å². The number of aromatic nitrogens is 2. The maximum absolute atomic E-state index is 12.1. The molecular formula is C17H17N3O2S. The van der Waals surface area contributed by atoms with Crippen LogP contribution in [-0.2, 0) is 6.42 Å². The minimum absolute atomic E-state index is 0.145. The summed E-state index contributed by atoms with van der Waals surface area (Å²) in [6, 6.07) is 11.7. The van der Waals surface area contributed by atoms with Crippen molar-refractivity contribution in [3.05, 3.63) is 65.4 Å². The van der Waals surface area contributed by atoms with Crippen LogP contribution in [0.5, 0.6) is 5.75 Å². The Morgan fingerprint density at radius 1 is 1.26 bits per heavy atom. The molecule has 118 valence electrons. The van der Waals surface area contributed by atoms with Crippen LogP contribution in [-0.4, -0.2) is 29.1 Å². The molecule has 3 rings (SSSR count). The first-order valence-corrected chi connectivity index (χ1v) is 8.14. The minimum atomic E-state index is -0.145. The zero-order valence-electron chi connectivity index (χ0n) is 12.7. The number of carbonyl (C=O) groups is 1. The summed E-state index contributed by atoms with van der Waals surface area (Å²) in [5.74, 6) is 0.686. The van der Waals surface area contributed by atoms with Gasteiger partial charge in [-0.25, -0.2) is 4.98 Å². The first-order valence-electron chi connectivity index (χ1n) is 7.26. The topological polar surface area (TPSA) is 56.1 Å². The molecule has 0 aliphatic rings. The highest BCUT2D eigenvalue weighted by Gasteiger charge is 2.10. The summed E-state index contributed by atoms with van der Waals surface area (Å²) in [5, 5.41) is 5.46. The Morgan fingerprint density at radius 3 is 2.70 bits per heavy atom. The fourth-order valence-corrected chi connectivity index (χ4v) is 2.92. The van der Waals surface area contributed by atoms with Crippen molar-refractivity contribution in [1.82, 2.24) is 14.9 Å². The Balaban J connectivity index is 1.53. The second kappa shape index (κ2) is 7.11. The molecule has 0 fully saturated rings. The SMILES string of the molecule is COc1ccc(CCNC(=O)c2csc(-n3cccc3)n2)cc1. The number of thiazole rings is 1. The van der Waals surface area contributed by atoms with Gasteiger partial charge in [-0.05, 0) is 36.2 Å². The summed E-state index contributed by atoms with van der Waals surface area (Å²) < 4.78 is 7.01. The third kappa shape index (κ3) is 3.78. The van der Waals surface area contributed by atoms with Gasteiger partial charge in [-0.3, -0.25) is 4.79 Å². The fraction of sp³-hybridized carbons (Fsp3) is 0.176. The van der Waals surface area contributed by atoms with Crippen LogP contribution in [0.2, 0.25) is 0 Å². The van der Waals surface area contributed by atoms with Crippen LogP contribution in [0.3, 0.4) is 0 Å². The van der Waals surface area contributed by atoms with Crippen LogP contribution in [0, 0.1) is 0 Å². The molecule has 23 heavy (non-hydrogen) atoms. The number of benzene rings is 1. The lowest BCUT2D eigenvalue weighted by Crippen LogP contribution is -2.26. The number of hydrogen-bond donors (Lipinski definition) is 1. The van der Waals surface area contributed by atoms with Gasteiger partial charge in [0.15, 0.2) is 5.13 Å². The van der Waals surface area contributed by atoms with Crippen molar-refractivity contribution in [2.45, 2.75) is 6.42 Å². The number of ether oxygens (including phenoxy) is 1. The van der Waals surface area contributed by atoms with Crippen molar-refractivity contribution < 1.29 is 9.53 Å². The van der Waals surface area contributed by atoms with Gasteiger partial charge < -0.3 is 14.6 Å². The monoisotopic (exact) mass is 327 g/mol. The van der Waals surface area contributed by atoms with Crippen molar-refractivity contribution >= 4 is 17.2 Å². The van der Waals surface area contributed by atoms with Gasteiger partial charge in [0.05, 0.1) is 7.11 Å². The Labute approximate surface area is 138 Å². The van der Waals surface area contributed by atoms with Gasteiger partial charge >= 0.3 is 0 Å². The second-order valence-corrected chi connectivity index (χ2v) is 5.80. The zero-order chi connectivity index (χ0) is 16.1. The zero-order valence-corrected chi connectivity index (χ0v) is 13.5. The molecule has 0 saturated carbocycles. The maximum Gasteiger partial charge on any atom is 0.270 e. The second-order valence-electron chi connectivity index (χ2n) is 4.96. The van der Waals surface area contributed by atoms with E-state index in [1.807, 2.05) is 53.4 Å². The molecule has 0 radical (unpaired) electrons. The molecule has 0 aliphatic carbocycles. The van der Waals surface area contributed by atoms with Crippen LogP contribution >= 0.6 is 11.3 Å². The van der Waals surface area contributed by atoms with Crippen LogP contribution in [0.4, 0.5) is 0 Å². The van der Waals surface area contributed by atoms with E-state index in [2.05, 4.69) is 10.3 Å². The summed E-state index contributed by atoms with van der Waals surface area (Å²) in [6.45, 7) is 0.571. The third-order valence-electron chi connectivity index (χ3n) is 3.41. The van der Waals surface area contributed by atoms with E-state index >= 15 is 0 Å². The average molecular weight is 327 g/mol. The predicted molar refractivity (Wildman–Crippen MR) is 90.5 cm³/mol. The largest absolute Gasteiger partial charge is 0.497 e. The molecule has 0 spiro atoms. The molecule has 0 unspecified atom stereocenters. The fourth-order valence-electron chi connectivity index (χ4n) is 2.15. The summed E-state index contributed by atoms with van der Waals surface area (Å²) in [5.41, 5.74) is 1.60. The highest BCUT2D eigenvalue weighted by Crippen LogP contribution is 2.15. The number of nitrogens with one attached hydrogen (secondary N) is 1. The minimum Gasteiger partial charge on any atom is -0.497 e. The van der Waals surface area contributed by atoms with E-state index in [-0.39, 0.29) is 5.91 Å². The van der Waals surface area contributed by atoms with Gasteiger partial charge in [-0.2, -0.15) is 0 Å². The Bertz CT molecular complexity index is 764. The molecule has 0 bridgehead atoms. The third-order valence-corrected chi connectivity index (χ3v) is 4.26. The van der Waals surface area contributed by atoms with Crippen molar-refractivity contribution in [2.75, 3.05) is 13.7 Å². The Hall–Kier alpha value is -2.60. The number of nitrogens with zero attached hydrogens (tertiary/aromatic N) is 2. The predicted octanol–water partition coefficient (Wildman–Crippen LogP) is 2.91. The smallest absolute Gasteiger partial charge is 0.270 e. The molecule has 5 nitrogen and oxygen atoms in total. The first kappa shape index (κ1) is 15.3. The van der Waals surface area contributed by atoms with E-state index in [0.29, 0.717) is 12.2 Å². The maximum atomic E-state index is 12.1. The number of methoxy groups -OCH3 is 1. The molecular weight excluding hydrogens is 310 g/mol. The van der Waals surface area contributed by atoms with Gasteiger partial charge in [0.2, 0.25) is 0 Å². The lowest BCUT2D eigenvalue weighted by Gasteiger charge is -2.05. The molecule has 0 saturated heterocycles. The highest BCUT2D eigenvalue weighted by molar-refractivity contribution is 7.12. The van der Waals surface area contributed by atoms with Crippen molar-refractivity contribution in [3.8, 4) is 10.9 Å². The summed E-state index contributed by atoms with van der Waals surface area (Å²) in [4.78, 5) is 16.5. The molecule has 6 heteroatoms. The van der Waals surface area contributed by atoms with Gasteiger partial charge in [0.1, 0.15) is 11.4 Å². The Kier molecular flexibility index (Phi) is 4.73. The van der Waals surface area contributed by atoms with Crippen LogP contribution in [0.1, 0.15) is 16.1 Å². The summed E-state index contributed by atoms with van der Waals surface area (Å²) in [6.07, 6.45) is 4.58. The molecule has 0 aliphatic heterocycles. The van der Waals surface area contributed by atoms with Crippen molar-refractivity contribution in [1.29, 1.82) is 0 Å². The Morgan fingerprint density at radius 2 is 2.00 bits per heavy atom. The number of carbonyl (C=O) groups excluding carboxylic acids is 1. The summed E-state index contributed by atoms with van der Waals surface area (Å²) in [7, 11) is 1.64. The molecule has 0 atom stereocenters. The molecule has 3 aromatic rings. The van der Waals surface area contributed by atoms with Gasteiger partial charge in [-0.1, -0.05) is 12.1 Å². The number of rotatable bonds is 6. The van der Waals surface area contributed by atoms with Crippen LogP contribution in [0.25, 0.3) is 5.13 Å². The van der Waals surface area contributed by atoms with Crippen molar-refractivity contribution in [3.63, 3.8) is 0 Å². The quantitative estimate of drug-likeness (QED) is 0.757. The molecule has 2 heterocycles. The lowest BCUT2D eigenvalue weighted by molar-refractivity contribution is 0.0950. The molecule has 1 amide bonds. The molecule has 2 aromatic heterocycles. The van der Waals surface area contributed by atoms with E-state index in [9.17, 15) is 4.79 Å². The standard InChI is InChI=1S/C17H17N3O2S/c1-22-14-6-4-13(5-7-14)8-9-18-16(21)15-12-23-17(19-15)20-10-2-3-11-20/h2-7,10-12H,8-9H2,1H3,(H,18,21). The van der Waals surface area contributed by atoms with E-state index in [1.54, 1.807) is 12.5 Å².